The fourth-order valence-electron chi connectivity index (χ4n) is 3.48. The van der Waals surface area contributed by atoms with Gasteiger partial charge < -0.3 is 14.7 Å². The molecule has 1 aromatic carbocycles. The maximum Gasteiger partial charge on any atom is 0.223 e. The van der Waals surface area contributed by atoms with Crippen LogP contribution < -0.4 is 0 Å². The van der Waals surface area contributed by atoms with Crippen molar-refractivity contribution >= 4 is 5.91 Å². The van der Waals surface area contributed by atoms with E-state index in [1.165, 1.54) is 0 Å². The maximum absolute atomic E-state index is 13.0. The van der Waals surface area contributed by atoms with Crippen LogP contribution in [0.4, 0.5) is 0 Å². The lowest BCUT2D eigenvalue weighted by Gasteiger charge is -2.33. The molecule has 6 nitrogen and oxygen atoms in total. The Morgan fingerprint density at radius 2 is 2.11 bits per heavy atom. The summed E-state index contributed by atoms with van der Waals surface area (Å²) in [5.41, 5.74) is -0.454. The highest BCUT2D eigenvalue weighted by molar-refractivity contribution is 5.76. The molecule has 2 aliphatic rings. The summed E-state index contributed by atoms with van der Waals surface area (Å²) in [4.78, 5) is 14.7. The lowest BCUT2D eigenvalue weighted by Crippen LogP contribution is -2.49. The molecule has 1 amide bonds. The second kappa shape index (κ2) is 8.20. The number of aliphatic hydroxyl groups is 1. The number of ether oxygens (including phenoxy) is 1. The third-order valence-corrected chi connectivity index (χ3v) is 5.48. The Labute approximate surface area is 160 Å². The van der Waals surface area contributed by atoms with Crippen LogP contribution in [0, 0.1) is 12.3 Å². The molecule has 1 N–H and O–H groups in total. The molecule has 1 aromatic rings. The van der Waals surface area contributed by atoms with Crippen LogP contribution in [0.3, 0.4) is 0 Å². The van der Waals surface area contributed by atoms with Crippen LogP contribution in [0.5, 0.6) is 0 Å². The molecule has 0 bridgehead atoms. The van der Waals surface area contributed by atoms with Crippen molar-refractivity contribution in [1.29, 1.82) is 0 Å². The van der Waals surface area contributed by atoms with Crippen LogP contribution in [0.25, 0.3) is 0 Å². The summed E-state index contributed by atoms with van der Waals surface area (Å²) in [7, 11) is 0. The molecule has 144 valence electrons. The van der Waals surface area contributed by atoms with Gasteiger partial charge in [-0.25, -0.2) is 0 Å². The Hall–Kier alpha value is -2.23. The molecule has 0 aromatic heterocycles. The number of benzene rings is 1. The minimum atomic E-state index is -1.01. The number of hydrogen-bond acceptors (Lipinski definition) is 5. The average molecular weight is 369 g/mol. The van der Waals surface area contributed by atoms with Crippen molar-refractivity contribution < 1.29 is 14.6 Å². The summed E-state index contributed by atoms with van der Waals surface area (Å²) in [6.45, 7) is 3.08. The maximum atomic E-state index is 13.0. The van der Waals surface area contributed by atoms with Gasteiger partial charge in [0.25, 0.3) is 0 Å². The zero-order valence-corrected chi connectivity index (χ0v) is 15.8. The van der Waals surface area contributed by atoms with Gasteiger partial charge in [-0.3, -0.25) is 4.79 Å². The molecule has 1 saturated heterocycles. The van der Waals surface area contributed by atoms with E-state index in [-0.39, 0.29) is 18.6 Å². The lowest BCUT2D eigenvalue weighted by molar-refractivity contribution is -0.137. The van der Waals surface area contributed by atoms with E-state index in [2.05, 4.69) is 16.1 Å². The fraction of sp³-hybridized carbons (Fsp3) is 0.571. The zero-order valence-electron chi connectivity index (χ0n) is 15.8. The highest BCUT2D eigenvalue weighted by atomic mass is 16.5. The fourth-order valence-corrected chi connectivity index (χ4v) is 3.48. The topological polar surface area (TPSA) is 74.5 Å². The predicted octanol–water partition coefficient (Wildman–Crippen LogP) is 2.91. The quantitative estimate of drug-likeness (QED) is 0.680. The summed E-state index contributed by atoms with van der Waals surface area (Å²) in [5.74, 6) is 2.59. The number of hydrogen-bond donors (Lipinski definition) is 1. The summed E-state index contributed by atoms with van der Waals surface area (Å²) in [5, 5.41) is 19.1. The van der Waals surface area contributed by atoms with Crippen molar-refractivity contribution in [2.24, 2.45) is 10.2 Å². The molecule has 0 saturated carbocycles. The molecule has 2 atom stereocenters. The summed E-state index contributed by atoms with van der Waals surface area (Å²) in [6.07, 6.45) is 7.74. The molecule has 3 rings (SSSR count). The highest BCUT2D eigenvalue weighted by Gasteiger charge is 2.43. The predicted molar refractivity (Wildman–Crippen MR) is 102 cm³/mol. The molecule has 1 fully saturated rings. The number of carbonyl (C=O) groups excluding carboxylic acids is 1. The number of rotatable bonds is 9. The van der Waals surface area contributed by atoms with Crippen LogP contribution in [0.15, 0.2) is 40.6 Å². The minimum Gasteiger partial charge on any atom is -0.385 e. The van der Waals surface area contributed by atoms with Gasteiger partial charge in [0.1, 0.15) is 5.60 Å². The third kappa shape index (κ3) is 4.94. The van der Waals surface area contributed by atoms with E-state index < -0.39 is 11.3 Å². The standard InChI is InChI=1S/C21H27N3O3/c1-3-4-11-21(22-23-21)12-10-19(25)24(15-18-8-6-5-7-9-18)16-20(26)13-14-27-17(20)2/h1,5-9,17,26H,4,10-16H2,2H3. The first-order valence-corrected chi connectivity index (χ1v) is 9.50. The van der Waals surface area contributed by atoms with E-state index in [0.29, 0.717) is 45.3 Å². The van der Waals surface area contributed by atoms with Gasteiger partial charge in [0.2, 0.25) is 5.91 Å². The highest BCUT2D eigenvalue weighted by Crippen LogP contribution is 2.38. The van der Waals surface area contributed by atoms with Gasteiger partial charge in [0.05, 0.1) is 12.6 Å². The molecule has 0 radical (unpaired) electrons. The third-order valence-electron chi connectivity index (χ3n) is 5.48. The van der Waals surface area contributed by atoms with E-state index >= 15 is 0 Å². The molecule has 27 heavy (non-hydrogen) atoms. The largest absolute Gasteiger partial charge is 0.385 e. The van der Waals surface area contributed by atoms with Gasteiger partial charge in [-0.15, -0.1) is 12.3 Å². The van der Waals surface area contributed by atoms with E-state index in [1.54, 1.807) is 4.90 Å². The van der Waals surface area contributed by atoms with Crippen LogP contribution in [-0.2, 0) is 16.1 Å². The Morgan fingerprint density at radius 3 is 2.70 bits per heavy atom. The van der Waals surface area contributed by atoms with Crippen LogP contribution in [0.1, 0.15) is 44.6 Å². The van der Waals surface area contributed by atoms with Crippen molar-refractivity contribution in [1.82, 2.24) is 4.90 Å². The lowest BCUT2D eigenvalue weighted by atomic mass is 9.95. The Kier molecular flexibility index (Phi) is 5.93. The minimum absolute atomic E-state index is 0.0104. The average Bonchev–Trinajstić information content (AvgIpc) is 3.37. The van der Waals surface area contributed by atoms with Gasteiger partial charge >= 0.3 is 0 Å². The molecule has 2 unspecified atom stereocenters. The molecule has 2 heterocycles. The van der Waals surface area contributed by atoms with E-state index in [1.807, 2.05) is 37.3 Å². The van der Waals surface area contributed by atoms with Gasteiger partial charge in [0, 0.05) is 45.3 Å². The summed E-state index contributed by atoms with van der Waals surface area (Å²) >= 11 is 0. The Morgan fingerprint density at radius 1 is 1.37 bits per heavy atom. The molecular formula is C21H27N3O3. The summed E-state index contributed by atoms with van der Waals surface area (Å²) in [6, 6.07) is 9.81. The molecule has 0 aliphatic carbocycles. The SMILES string of the molecule is C#CCCC1(CCC(=O)N(Cc2ccccc2)CC2(O)CCOC2C)N=N1. The first-order chi connectivity index (χ1) is 13.0. The van der Waals surface area contributed by atoms with Crippen molar-refractivity contribution in [2.75, 3.05) is 13.2 Å². The smallest absolute Gasteiger partial charge is 0.223 e. The van der Waals surface area contributed by atoms with Crippen molar-refractivity contribution in [3.05, 3.63) is 35.9 Å². The second-order valence-corrected chi connectivity index (χ2v) is 7.49. The first kappa shape index (κ1) is 19.5. The van der Waals surface area contributed by atoms with Gasteiger partial charge in [-0.05, 0) is 12.5 Å². The van der Waals surface area contributed by atoms with E-state index in [0.717, 1.165) is 5.56 Å². The monoisotopic (exact) mass is 369 g/mol. The molecule has 6 heteroatoms. The number of nitrogens with zero attached hydrogens (tertiary/aromatic N) is 3. The molecular weight excluding hydrogens is 342 g/mol. The van der Waals surface area contributed by atoms with Crippen molar-refractivity contribution in [3.8, 4) is 12.3 Å². The Balaban J connectivity index is 1.65. The van der Waals surface area contributed by atoms with Crippen molar-refractivity contribution in [2.45, 2.75) is 62.9 Å². The number of terminal acetylenes is 1. The number of carbonyl (C=O) groups is 1. The van der Waals surface area contributed by atoms with E-state index in [4.69, 9.17) is 11.2 Å². The van der Waals surface area contributed by atoms with Gasteiger partial charge in [-0.2, -0.15) is 10.2 Å². The van der Waals surface area contributed by atoms with Crippen LogP contribution >= 0.6 is 0 Å². The second-order valence-electron chi connectivity index (χ2n) is 7.49. The van der Waals surface area contributed by atoms with Gasteiger partial charge in [0.15, 0.2) is 5.66 Å². The zero-order chi connectivity index (χ0) is 19.3. The van der Waals surface area contributed by atoms with Crippen LogP contribution in [0.2, 0.25) is 0 Å². The number of amides is 1. The normalized spacial score (nSPS) is 25.1. The van der Waals surface area contributed by atoms with E-state index in [9.17, 15) is 9.90 Å². The van der Waals surface area contributed by atoms with Crippen molar-refractivity contribution in [3.63, 3.8) is 0 Å². The first-order valence-electron chi connectivity index (χ1n) is 9.50. The van der Waals surface area contributed by atoms with Gasteiger partial charge in [-0.1, -0.05) is 30.3 Å². The molecule has 2 aliphatic heterocycles. The summed E-state index contributed by atoms with van der Waals surface area (Å²) < 4.78 is 5.53. The Bertz CT molecular complexity index is 722. The molecule has 0 spiro atoms. The van der Waals surface area contributed by atoms with Crippen LogP contribution in [-0.4, -0.2) is 46.4 Å².